The first-order valence-corrected chi connectivity index (χ1v) is 8.23. The Kier molecular flexibility index (Phi) is 4.90. The van der Waals surface area contributed by atoms with Crippen LogP contribution in [0.5, 0.6) is 11.5 Å². The van der Waals surface area contributed by atoms with Crippen molar-refractivity contribution >= 4 is 5.69 Å². The maximum atomic E-state index is 11.7. The van der Waals surface area contributed by atoms with Crippen molar-refractivity contribution in [2.45, 2.75) is 18.9 Å². The van der Waals surface area contributed by atoms with E-state index in [9.17, 15) is 10.1 Å². The molecule has 0 bridgehead atoms. The number of benzene rings is 2. The maximum Gasteiger partial charge on any atom is 0.318 e. The third-order valence-corrected chi connectivity index (χ3v) is 4.88. The number of nitro groups is 1. The Hall–Kier alpha value is -2.60. The van der Waals surface area contributed by atoms with Crippen molar-refractivity contribution in [3.05, 3.63) is 63.2 Å². The van der Waals surface area contributed by atoms with Crippen LogP contribution in [0.15, 0.2) is 36.4 Å². The van der Waals surface area contributed by atoms with Gasteiger partial charge in [-0.2, -0.15) is 0 Å². The molecule has 0 N–H and O–H groups in total. The summed E-state index contributed by atoms with van der Waals surface area (Å²) < 4.78 is 10.5. The second kappa shape index (κ2) is 7.11. The standard InChI is InChI=1S/C19H22N2O4/c1-20-11-10-13-6-4-5-7-15(13)16(20)12-14-8-9-17(24-2)19(25-3)18(14)21(22)23/h4-9,16H,10-12H2,1-3H3. The molecule has 0 radical (unpaired) electrons. The Bertz CT molecular complexity index is 791. The lowest BCUT2D eigenvalue weighted by atomic mass is 9.88. The summed E-state index contributed by atoms with van der Waals surface area (Å²) in [4.78, 5) is 13.6. The molecule has 0 amide bonds. The van der Waals surface area contributed by atoms with Gasteiger partial charge in [0.2, 0.25) is 5.75 Å². The molecule has 0 aliphatic carbocycles. The van der Waals surface area contributed by atoms with Crippen LogP contribution in [0, 0.1) is 10.1 Å². The fourth-order valence-electron chi connectivity index (χ4n) is 3.57. The zero-order valence-corrected chi connectivity index (χ0v) is 14.7. The van der Waals surface area contributed by atoms with Gasteiger partial charge in [0, 0.05) is 18.2 Å². The molecule has 25 heavy (non-hydrogen) atoms. The molecule has 0 saturated carbocycles. The molecule has 0 spiro atoms. The van der Waals surface area contributed by atoms with E-state index in [4.69, 9.17) is 9.47 Å². The predicted octanol–water partition coefficient (Wildman–Crippen LogP) is 3.38. The molecule has 0 fully saturated rings. The smallest absolute Gasteiger partial charge is 0.318 e. The van der Waals surface area contributed by atoms with Crippen LogP contribution in [-0.4, -0.2) is 37.6 Å². The van der Waals surface area contributed by atoms with E-state index >= 15 is 0 Å². The second-order valence-corrected chi connectivity index (χ2v) is 6.22. The van der Waals surface area contributed by atoms with Gasteiger partial charge in [-0.15, -0.1) is 0 Å². The molecule has 2 aromatic carbocycles. The van der Waals surface area contributed by atoms with Crippen LogP contribution in [0.2, 0.25) is 0 Å². The summed E-state index contributed by atoms with van der Waals surface area (Å²) in [5.74, 6) is 0.548. The van der Waals surface area contributed by atoms with Gasteiger partial charge >= 0.3 is 5.69 Å². The lowest BCUT2D eigenvalue weighted by molar-refractivity contribution is -0.386. The topological polar surface area (TPSA) is 64.8 Å². The minimum atomic E-state index is -0.384. The van der Waals surface area contributed by atoms with Gasteiger partial charge in [-0.05, 0) is 43.1 Å². The van der Waals surface area contributed by atoms with E-state index in [0.29, 0.717) is 17.7 Å². The quantitative estimate of drug-likeness (QED) is 0.616. The van der Waals surface area contributed by atoms with Crippen LogP contribution in [0.3, 0.4) is 0 Å². The molecule has 1 heterocycles. The minimum Gasteiger partial charge on any atom is -0.493 e. The summed E-state index contributed by atoms with van der Waals surface area (Å²) in [6.07, 6.45) is 1.54. The molecule has 3 rings (SSSR count). The highest BCUT2D eigenvalue weighted by Crippen LogP contribution is 2.42. The van der Waals surface area contributed by atoms with Crippen molar-refractivity contribution in [1.82, 2.24) is 4.90 Å². The van der Waals surface area contributed by atoms with Gasteiger partial charge in [-0.3, -0.25) is 15.0 Å². The molecular formula is C19H22N2O4. The van der Waals surface area contributed by atoms with Gasteiger partial charge < -0.3 is 9.47 Å². The number of hydrogen-bond acceptors (Lipinski definition) is 5. The number of ether oxygens (including phenoxy) is 2. The molecule has 6 nitrogen and oxygen atoms in total. The van der Waals surface area contributed by atoms with Crippen LogP contribution >= 0.6 is 0 Å². The van der Waals surface area contributed by atoms with Crippen LogP contribution in [0.4, 0.5) is 5.69 Å². The number of nitrogens with zero attached hydrogens (tertiary/aromatic N) is 2. The zero-order valence-electron chi connectivity index (χ0n) is 14.7. The number of likely N-dealkylation sites (N-methyl/N-ethyl adjacent to an activating group) is 1. The van der Waals surface area contributed by atoms with Gasteiger partial charge in [0.1, 0.15) is 0 Å². The first-order valence-electron chi connectivity index (χ1n) is 8.23. The van der Waals surface area contributed by atoms with E-state index < -0.39 is 0 Å². The van der Waals surface area contributed by atoms with Crippen molar-refractivity contribution in [3.8, 4) is 11.5 Å². The average Bonchev–Trinajstić information content (AvgIpc) is 2.63. The van der Waals surface area contributed by atoms with Crippen molar-refractivity contribution in [2.24, 2.45) is 0 Å². The van der Waals surface area contributed by atoms with Crippen molar-refractivity contribution in [1.29, 1.82) is 0 Å². The first-order chi connectivity index (χ1) is 12.1. The monoisotopic (exact) mass is 342 g/mol. The first kappa shape index (κ1) is 17.2. The average molecular weight is 342 g/mol. The van der Waals surface area contributed by atoms with E-state index in [-0.39, 0.29) is 22.4 Å². The fourth-order valence-corrected chi connectivity index (χ4v) is 3.57. The molecule has 1 aliphatic heterocycles. The van der Waals surface area contributed by atoms with Gasteiger partial charge in [0.15, 0.2) is 5.75 Å². The van der Waals surface area contributed by atoms with Crippen molar-refractivity contribution < 1.29 is 14.4 Å². The predicted molar refractivity (Wildman–Crippen MR) is 95.4 cm³/mol. The Morgan fingerprint density at radius 1 is 1.20 bits per heavy atom. The van der Waals surface area contributed by atoms with Gasteiger partial charge in [0.05, 0.1) is 19.1 Å². The van der Waals surface area contributed by atoms with Crippen LogP contribution < -0.4 is 9.47 Å². The minimum absolute atomic E-state index is 0.0155. The number of methoxy groups -OCH3 is 2. The van der Waals surface area contributed by atoms with E-state index in [1.807, 2.05) is 12.1 Å². The summed E-state index contributed by atoms with van der Waals surface area (Å²) in [5, 5.41) is 11.7. The number of hydrogen-bond donors (Lipinski definition) is 0. The molecule has 0 saturated heterocycles. The van der Waals surface area contributed by atoms with Gasteiger partial charge in [0.25, 0.3) is 0 Å². The van der Waals surface area contributed by atoms with E-state index in [1.54, 1.807) is 12.1 Å². The highest BCUT2D eigenvalue weighted by atomic mass is 16.6. The zero-order chi connectivity index (χ0) is 18.0. The summed E-state index contributed by atoms with van der Waals surface area (Å²) >= 11 is 0. The molecule has 0 aromatic heterocycles. The molecule has 1 unspecified atom stereocenters. The summed E-state index contributed by atoms with van der Waals surface area (Å²) in [5.41, 5.74) is 3.18. The fraction of sp³-hybridized carbons (Fsp3) is 0.368. The van der Waals surface area contributed by atoms with Crippen LogP contribution in [0.25, 0.3) is 0 Å². The largest absolute Gasteiger partial charge is 0.493 e. The Balaban J connectivity index is 2.05. The molecular weight excluding hydrogens is 320 g/mol. The summed E-state index contributed by atoms with van der Waals surface area (Å²) in [6.45, 7) is 0.933. The Morgan fingerprint density at radius 3 is 2.64 bits per heavy atom. The SMILES string of the molecule is COc1ccc(CC2c3ccccc3CCN2C)c([N+](=O)[O-])c1OC. The maximum absolute atomic E-state index is 11.7. The summed E-state index contributed by atoms with van der Waals surface area (Å²) in [6, 6.07) is 11.9. The lowest BCUT2D eigenvalue weighted by Gasteiger charge is -2.34. The van der Waals surface area contributed by atoms with E-state index in [1.165, 1.54) is 25.3 Å². The lowest BCUT2D eigenvalue weighted by Crippen LogP contribution is -2.33. The van der Waals surface area contributed by atoms with Crippen LogP contribution in [0.1, 0.15) is 22.7 Å². The third-order valence-electron chi connectivity index (χ3n) is 4.88. The summed E-state index contributed by atoms with van der Waals surface area (Å²) in [7, 11) is 4.97. The Morgan fingerprint density at radius 2 is 1.96 bits per heavy atom. The number of rotatable bonds is 5. The highest BCUT2D eigenvalue weighted by Gasteiger charge is 2.30. The third kappa shape index (κ3) is 3.17. The Labute approximate surface area is 147 Å². The number of fused-ring (bicyclic) bond motifs is 1. The second-order valence-electron chi connectivity index (χ2n) is 6.22. The van der Waals surface area contributed by atoms with E-state index in [2.05, 4.69) is 24.1 Å². The number of nitro benzene ring substituents is 1. The molecule has 1 aliphatic rings. The van der Waals surface area contributed by atoms with Crippen molar-refractivity contribution in [3.63, 3.8) is 0 Å². The normalized spacial score (nSPS) is 17.0. The van der Waals surface area contributed by atoms with Gasteiger partial charge in [-0.1, -0.05) is 24.3 Å². The van der Waals surface area contributed by atoms with Crippen LogP contribution in [-0.2, 0) is 12.8 Å². The van der Waals surface area contributed by atoms with E-state index in [0.717, 1.165) is 13.0 Å². The molecule has 132 valence electrons. The van der Waals surface area contributed by atoms with Crippen molar-refractivity contribution in [2.75, 3.05) is 27.8 Å². The van der Waals surface area contributed by atoms with Gasteiger partial charge in [-0.25, -0.2) is 0 Å². The molecule has 1 atom stereocenters. The molecule has 2 aromatic rings. The molecule has 6 heteroatoms. The highest BCUT2D eigenvalue weighted by molar-refractivity contribution is 5.61.